The van der Waals surface area contributed by atoms with Crippen molar-refractivity contribution in [3.8, 4) is 0 Å². The molecule has 2 fully saturated rings. The van der Waals surface area contributed by atoms with Crippen LogP contribution in [0.15, 0.2) is 18.5 Å². The Hall–Kier alpha value is -2.22. The van der Waals surface area contributed by atoms with Crippen LogP contribution in [0.25, 0.3) is 5.65 Å². The second kappa shape index (κ2) is 6.59. The Morgan fingerprint density at radius 1 is 1.32 bits per heavy atom. The molecule has 8 heteroatoms. The molecule has 1 atom stereocenters. The number of hydrogen-bond donors (Lipinski definition) is 0. The monoisotopic (exact) mass is 343 g/mol. The number of anilines is 1. The Kier molecular flexibility index (Phi) is 4.29. The van der Waals surface area contributed by atoms with Gasteiger partial charge in [-0.15, -0.1) is 15.3 Å². The SMILES string of the molecule is CC(=O)N1CCCC(CN(C)C2CN(c3ccc4nncn4n3)C2)C1. The van der Waals surface area contributed by atoms with Crippen molar-refractivity contribution in [1.29, 1.82) is 0 Å². The highest BCUT2D eigenvalue weighted by atomic mass is 16.2. The van der Waals surface area contributed by atoms with E-state index in [9.17, 15) is 4.79 Å². The lowest BCUT2D eigenvalue weighted by atomic mass is 9.96. The molecule has 1 unspecified atom stereocenters. The molecule has 0 saturated carbocycles. The first-order chi connectivity index (χ1) is 12.1. The van der Waals surface area contributed by atoms with Crippen LogP contribution in [0.2, 0.25) is 0 Å². The standard InChI is InChI=1S/C17H25N7O/c1-13(25)22-7-3-4-14(9-22)8-21(2)15-10-23(11-15)17-6-5-16-19-18-12-24(16)20-17/h5-6,12,14-15H,3-4,7-11H2,1-2H3. The molecular formula is C17H25N7O. The van der Waals surface area contributed by atoms with Crippen molar-refractivity contribution in [2.24, 2.45) is 5.92 Å². The number of likely N-dealkylation sites (tertiary alicyclic amines) is 1. The van der Waals surface area contributed by atoms with Gasteiger partial charge in [0, 0.05) is 45.7 Å². The minimum absolute atomic E-state index is 0.206. The van der Waals surface area contributed by atoms with Gasteiger partial charge in [-0.25, -0.2) is 0 Å². The first-order valence-electron chi connectivity index (χ1n) is 8.98. The third-order valence-electron chi connectivity index (χ3n) is 5.47. The van der Waals surface area contributed by atoms with Crippen molar-refractivity contribution in [2.75, 3.05) is 44.7 Å². The summed E-state index contributed by atoms with van der Waals surface area (Å²) in [6, 6.07) is 4.50. The van der Waals surface area contributed by atoms with Crippen molar-refractivity contribution in [3.63, 3.8) is 0 Å². The quantitative estimate of drug-likeness (QED) is 0.805. The molecule has 4 heterocycles. The largest absolute Gasteiger partial charge is 0.352 e. The summed E-state index contributed by atoms with van der Waals surface area (Å²) in [6.45, 7) is 6.53. The van der Waals surface area contributed by atoms with Gasteiger partial charge in [0.15, 0.2) is 5.65 Å². The summed E-state index contributed by atoms with van der Waals surface area (Å²) in [5.41, 5.74) is 0.769. The van der Waals surface area contributed by atoms with Crippen LogP contribution in [-0.2, 0) is 4.79 Å². The molecule has 2 aliphatic heterocycles. The molecule has 2 aromatic rings. The molecule has 0 spiro atoms. The average Bonchev–Trinajstić information content (AvgIpc) is 3.01. The Morgan fingerprint density at radius 3 is 2.96 bits per heavy atom. The van der Waals surface area contributed by atoms with Gasteiger partial charge in [-0.05, 0) is 37.9 Å². The average molecular weight is 343 g/mol. The van der Waals surface area contributed by atoms with Gasteiger partial charge in [-0.3, -0.25) is 9.69 Å². The molecule has 2 saturated heterocycles. The molecule has 0 aliphatic carbocycles. The van der Waals surface area contributed by atoms with Gasteiger partial charge in [0.05, 0.1) is 0 Å². The highest BCUT2D eigenvalue weighted by molar-refractivity contribution is 5.73. The molecule has 2 aromatic heterocycles. The molecule has 1 amide bonds. The normalized spacial score (nSPS) is 21.8. The van der Waals surface area contributed by atoms with Crippen molar-refractivity contribution < 1.29 is 4.79 Å². The zero-order valence-electron chi connectivity index (χ0n) is 14.9. The molecule has 0 bridgehead atoms. The van der Waals surface area contributed by atoms with Crippen molar-refractivity contribution in [3.05, 3.63) is 18.5 Å². The molecular weight excluding hydrogens is 318 g/mol. The summed E-state index contributed by atoms with van der Waals surface area (Å²) in [4.78, 5) is 18.3. The summed E-state index contributed by atoms with van der Waals surface area (Å²) in [5.74, 6) is 1.76. The number of likely N-dealkylation sites (N-methyl/N-ethyl adjacent to an activating group) is 1. The number of aromatic nitrogens is 4. The maximum Gasteiger partial charge on any atom is 0.219 e. The Labute approximate surface area is 147 Å². The van der Waals surface area contributed by atoms with E-state index >= 15 is 0 Å². The second-order valence-electron chi connectivity index (χ2n) is 7.30. The molecule has 2 aliphatic rings. The molecule has 0 N–H and O–H groups in total. The fraction of sp³-hybridized carbons (Fsp3) is 0.647. The second-order valence-corrected chi connectivity index (χ2v) is 7.30. The van der Waals surface area contributed by atoms with E-state index in [1.54, 1.807) is 17.8 Å². The highest BCUT2D eigenvalue weighted by Crippen LogP contribution is 2.24. The smallest absolute Gasteiger partial charge is 0.219 e. The minimum atomic E-state index is 0.206. The lowest BCUT2D eigenvalue weighted by Gasteiger charge is -2.46. The van der Waals surface area contributed by atoms with E-state index in [0.717, 1.165) is 50.6 Å². The minimum Gasteiger partial charge on any atom is -0.352 e. The third kappa shape index (κ3) is 3.30. The van der Waals surface area contributed by atoms with E-state index in [1.807, 2.05) is 17.0 Å². The van der Waals surface area contributed by atoms with Gasteiger partial charge < -0.3 is 9.80 Å². The van der Waals surface area contributed by atoms with Crippen LogP contribution < -0.4 is 4.90 Å². The maximum atomic E-state index is 11.6. The molecule has 0 aromatic carbocycles. The summed E-state index contributed by atoms with van der Waals surface area (Å²) in [5, 5.41) is 12.4. The zero-order chi connectivity index (χ0) is 17.4. The molecule has 0 radical (unpaired) electrons. The number of carbonyl (C=O) groups is 1. The molecule has 25 heavy (non-hydrogen) atoms. The van der Waals surface area contributed by atoms with Crippen LogP contribution in [0, 0.1) is 5.92 Å². The number of carbonyl (C=O) groups excluding carboxylic acids is 1. The van der Waals surface area contributed by atoms with Crippen LogP contribution in [-0.4, -0.2) is 81.3 Å². The van der Waals surface area contributed by atoms with Crippen LogP contribution in [0.1, 0.15) is 19.8 Å². The Morgan fingerprint density at radius 2 is 2.16 bits per heavy atom. The number of amides is 1. The lowest BCUT2D eigenvalue weighted by Crippen LogP contribution is -2.60. The van der Waals surface area contributed by atoms with E-state index in [1.165, 1.54) is 6.42 Å². The number of hydrogen-bond acceptors (Lipinski definition) is 6. The summed E-state index contributed by atoms with van der Waals surface area (Å²) in [6.07, 6.45) is 3.97. The van der Waals surface area contributed by atoms with Gasteiger partial charge in [0.25, 0.3) is 0 Å². The topological polar surface area (TPSA) is 69.9 Å². The molecule has 4 rings (SSSR count). The van der Waals surface area contributed by atoms with Crippen LogP contribution >= 0.6 is 0 Å². The maximum absolute atomic E-state index is 11.6. The van der Waals surface area contributed by atoms with Gasteiger partial charge >= 0.3 is 0 Å². The third-order valence-corrected chi connectivity index (χ3v) is 5.47. The van der Waals surface area contributed by atoms with Gasteiger partial charge in [0.2, 0.25) is 5.91 Å². The van der Waals surface area contributed by atoms with E-state index in [0.29, 0.717) is 12.0 Å². The zero-order valence-corrected chi connectivity index (χ0v) is 14.9. The number of nitrogens with zero attached hydrogens (tertiary/aromatic N) is 7. The first-order valence-corrected chi connectivity index (χ1v) is 8.98. The number of rotatable bonds is 4. The van der Waals surface area contributed by atoms with Crippen LogP contribution in [0.5, 0.6) is 0 Å². The fourth-order valence-electron chi connectivity index (χ4n) is 3.86. The van der Waals surface area contributed by atoms with Crippen molar-refractivity contribution in [1.82, 2.24) is 29.6 Å². The molecule has 134 valence electrons. The van der Waals surface area contributed by atoms with Gasteiger partial charge in [0.1, 0.15) is 12.1 Å². The molecule has 8 nitrogen and oxygen atoms in total. The predicted molar refractivity (Wildman–Crippen MR) is 94.4 cm³/mol. The van der Waals surface area contributed by atoms with E-state index in [-0.39, 0.29) is 5.91 Å². The Bertz CT molecular complexity index is 754. The van der Waals surface area contributed by atoms with E-state index in [2.05, 4.69) is 32.1 Å². The Balaban J connectivity index is 1.30. The van der Waals surface area contributed by atoms with Gasteiger partial charge in [-0.1, -0.05) is 0 Å². The summed E-state index contributed by atoms with van der Waals surface area (Å²) >= 11 is 0. The fourth-order valence-corrected chi connectivity index (χ4v) is 3.86. The summed E-state index contributed by atoms with van der Waals surface area (Å²) in [7, 11) is 2.20. The summed E-state index contributed by atoms with van der Waals surface area (Å²) < 4.78 is 1.71. The van der Waals surface area contributed by atoms with Gasteiger partial charge in [-0.2, -0.15) is 4.52 Å². The number of piperidine rings is 1. The van der Waals surface area contributed by atoms with Crippen LogP contribution in [0.3, 0.4) is 0 Å². The lowest BCUT2D eigenvalue weighted by molar-refractivity contribution is -0.130. The number of fused-ring (bicyclic) bond motifs is 1. The van der Waals surface area contributed by atoms with E-state index in [4.69, 9.17) is 0 Å². The van der Waals surface area contributed by atoms with Crippen molar-refractivity contribution >= 4 is 17.4 Å². The predicted octanol–water partition coefficient (Wildman–Crippen LogP) is 0.503. The van der Waals surface area contributed by atoms with E-state index < -0.39 is 0 Å². The highest BCUT2D eigenvalue weighted by Gasteiger charge is 2.33. The first kappa shape index (κ1) is 16.3. The van der Waals surface area contributed by atoms with Crippen LogP contribution in [0.4, 0.5) is 5.82 Å². The van der Waals surface area contributed by atoms with Crippen molar-refractivity contribution in [2.45, 2.75) is 25.8 Å².